The standard InChI is InChI=1S/C50H73NO10S2/c1-32-9-7-15-49(28-32)16-8-19-50(17-5-4-6-18-50)51-29-35-11-13-37(25-40(35)49)61-44-24-34-10-12-36(60-31-53)26-41(54)39(21-33-22-45(58-2)48(57)46(23-33)59-3)43(56)30-62-63-47(14-20-52)38(34)27-42(44)55/h22-24,27,32,35-37,39-41,43,47,51-57H,4-7,9-15,17-21,25-26,28-31H2,1-3H3/t32-,35-,36-,37+,39-,40+,41+,43+,47-,49+/m0/s1. The summed E-state index contributed by atoms with van der Waals surface area (Å²) in [6.07, 6.45) is 14.1. The molecule has 7 N–H and O–H groups in total. The van der Waals surface area contributed by atoms with Crippen LogP contribution >= 0.6 is 21.6 Å². The molecule has 10 atom stereocenters. The molecule has 2 aromatic carbocycles. The topological polar surface area (TPSA) is 170 Å². The lowest BCUT2D eigenvalue weighted by atomic mass is 9.56. The van der Waals surface area contributed by atoms with Gasteiger partial charge in [-0.3, -0.25) is 0 Å². The second kappa shape index (κ2) is 22.3. The molecule has 2 aromatic rings. The van der Waals surface area contributed by atoms with Gasteiger partial charge in [0.15, 0.2) is 23.0 Å². The maximum Gasteiger partial charge on any atom is 0.200 e. The molecule has 3 saturated carbocycles. The second-order valence-electron chi connectivity index (χ2n) is 19.4. The summed E-state index contributed by atoms with van der Waals surface area (Å²) in [5.41, 5.74) is 2.66. The second-order valence-corrected chi connectivity index (χ2v) is 22.0. The van der Waals surface area contributed by atoms with Crippen molar-refractivity contribution in [2.24, 2.45) is 29.1 Å². The summed E-state index contributed by atoms with van der Waals surface area (Å²) in [6.45, 7) is 2.83. The summed E-state index contributed by atoms with van der Waals surface area (Å²) >= 11 is 0. The fourth-order valence-corrected chi connectivity index (χ4v) is 14.7. The summed E-state index contributed by atoms with van der Waals surface area (Å²) in [4.78, 5) is 0. The number of rotatable bonds is 10. The first-order chi connectivity index (χ1) is 30.5. The highest BCUT2D eigenvalue weighted by atomic mass is 33.1. The molecule has 350 valence electrons. The zero-order chi connectivity index (χ0) is 44.6. The quantitative estimate of drug-likeness (QED) is 0.0692. The van der Waals surface area contributed by atoms with Crippen molar-refractivity contribution in [3.05, 3.63) is 41.0 Å². The van der Waals surface area contributed by atoms with Crippen molar-refractivity contribution in [2.75, 3.05) is 39.9 Å². The number of benzene rings is 2. The molecule has 0 bridgehead atoms. The third-order valence-electron chi connectivity index (χ3n) is 15.2. The lowest BCUT2D eigenvalue weighted by Gasteiger charge is -2.49. The summed E-state index contributed by atoms with van der Waals surface area (Å²) in [7, 11) is 5.91. The van der Waals surface area contributed by atoms with Gasteiger partial charge in [0.2, 0.25) is 5.75 Å². The van der Waals surface area contributed by atoms with Gasteiger partial charge in [-0.25, -0.2) is 0 Å². The fraction of sp³-hybridized carbons (Fsp3) is 0.720. The number of nitrogens with one attached hydrogen (secondary N) is 1. The van der Waals surface area contributed by atoms with Crippen molar-refractivity contribution in [3.8, 4) is 40.6 Å². The number of methoxy groups -OCH3 is 2. The van der Waals surface area contributed by atoms with Crippen LogP contribution in [0.25, 0.3) is 0 Å². The Hall–Kier alpha value is -2.54. The number of ether oxygens (including phenoxy) is 4. The normalized spacial score (nSPS) is 32.8. The van der Waals surface area contributed by atoms with E-state index in [4.69, 9.17) is 18.9 Å². The Morgan fingerprint density at radius 2 is 1.63 bits per heavy atom. The molecular weight excluding hydrogens is 839 g/mol. The van der Waals surface area contributed by atoms with Gasteiger partial charge in [0.05, 0.1) is 38.6 Å². The molecule has 0 amide bonds. The molecule has 7 rings (SSSR count). The van der Waals surface area contributed by atoms with E-state index in [1.807, 2.05) is 6.07 Å². The third kappa shape index (κ3) is 11.7. The molecular formula is C50H73NO10S2. The van der Waals surface area contributed by atoms with Crippen molar-refractivity contribution < 1.29 is 49.6 Å². The largest absolute Gasteiger partial charge is 0.504 e. The monoisotopic (exact) mass is 911 g/mol. The Kier molecular flexibility index (Phi) is 17.1. The summed E-state index contributed by atoms with van der Waals surface area (Å²) in [6, 6.07) is 7.13. The predicted octanol–water partition coefficient (Wildman–Crippen LogP) is 8.23. The minimum atomic E-state index is -1.00. The Bertz CT molecular complexity index is 1840. The Labute approximate surface area is 383 Å². The maximum atomic E-state index is 11.8. The SMILES string of the molecule is COc1cc(C[C@@H]2[C@H](O)CSS[C@@H](CCO)c3cc(O)c(O[C@@H]4CC[C@H]5CNC6(CC#C[C@@]7(CCC[C@H](C)C7)[C@@H]5C4)CCCCC6)cc3CC[C@H](OCO)C[C@H]2O)cc(OC)c1O. The van der Waals surface area contributed by atoms with Gasteiger partial charge < -0.3 is 54.9 Å². The van der Waals surface area contributed by atoms with Gasteiger partial charge in [-0.1, -0.05) is 66.5 Å². The van der Waals surface area contributed by atoms with Crippen LogP contribution in [0, 0.1) is 40.9 Å². The number of aryl methyl sites for hydroxylation is 1. The summed E-state index contributed by atoms with van der Waals surface area (Å²) in [5, 5.41) is 70.0. The molecule has 63 heavy (non-hydrogen) atoms. The lowest BCUT2D eigenvalue weighted by Crippen LogP contribution is -2.51. The van der Waals surface area contributed by atoms with E-state index in [1.165, 1.54) is 80.8 Å². The van der Waals surface area contributed by atoms with Crippen molar-refractivity contribution in [1.82, 2.24) is 5.32 Å². The van der Waals surface area contributed by atoms with Crippen molar-refractivity contribution in [2.45, 2.75) is 158 Å². The first kappa shape index (κ1) is 48.4. The van der Waals surface area contributed by atoms with Crippen LogP contribution in [0.2, 0.25) is 0 Å². The molecule has 2 heterocycles. The first-order valence-electron chi connectivity index (χ1n) is 23.7. The van der Waals surface area contributed by atoms with E-state index in [1.54, 1.807) is 18.2 Å². The predicted molar refractivity (Wildman–Crippen MR) is 249 cm³/mol. The van der Waals surface area contributed by atoms with Crippen LogP contribution in [0.3, 0.4) is 0 Å². The van der Waals surface area contributed by atoms with Crippen LogP contribution in [-0.2, 0) is 17.6 Å². The van der Waals surface area contributed by atoms with Gasteiger partial charge in [0.25, 0.3) is 0 Å². The Balaban J connectivity index is 1.13. The molecule has 2 spiro atoms. The van der Waals surface area contributed by atoms with Crippen LogP contribution in [0.4, 0.5) is 0 Å². The molecule has 3 fully saturated rings. The van der Waals surface area contributed by atoms with Gasteiger partial charge in [-0.2, -0.15) is 0 Å². The number of aliphatic hydroxyl groups excluding tert-OH is 4. The van der Waals surface area contributed by atoms with Gasteiger partial charge in [0.1, 0.15) is 6.79 Å². The van der Waals surface area contributed by atoms with Crippen LogP contribution < -0.4 is 19.5 Å². The fourth-order valence-electron chi connectivity index (χ4n) is 11.8. The average molecular weight is 912 g/mol. The summed E-state index contributed by atoms with van der Waals surface area (Å²) in [5.74, 6) is 9.88. The number of aliphatic hydroxyl groups is 4. The minimum absolute atomic E-state index is 0.0257. The average Bonchev–Trinajstić information content (AvgIpc) is 3.33. The van der Waals surface area contributed by atoms with Gasteiger partial charge >= 0.3 is 0 Å². The van der Waals surface area contributed by atoms with E-state index < -0.39 is 31.0 Å². The van der Waals surface area contributed by atoms with Gasteiger partial charge in [-0.05, 0) is 142 Å². The number of hydrogen-bond donors (Lipinski definition) is 7. The van der Waals surface area contributed by atoms with E-state index >= 15 is 0 Å². The van der Waals surface area contributed by atoms with Gasteiger partial charge in [0, 0.05) is 40.9 Å². The van der Waals surface area contributed by atoms with E-state index in [0.29, 0.717) is 48.3 Å². The highest BCUT2D eigenvalue weighted by molar-refractivity contribution is 8.76. The Morgan fingerprint density at radius 3 is 2.35 bits per heavy atom. The number of phenolic OH excluding ortho intramolecular Hbond substituents is 2. The molecule has 2 aliphatic heterocycles. The van der Waals surface area contributed by atoms with Crippen LogP contribution in [0.1, 0.15) is 132 Å². The van der Waals surface area contributed by atoms with Crippen LogP contribution in [0.5, 0.6) is 28.7 Å². The Morgan fingerprint density at radius 1 is 0.857 bits per heavy atom. The molecule has 0 saturated heterocycles. The van der Waals surface area contributed by atoms with E-state index in [-0.39, 0.29) is 70.5 Å². The zero-order valence-electron chi connectivity index (χ0n) is 37.7. The third-order valence-corrected chi connectivity index (χ3v) is 18.1. The number of fused-ring (bicyclic) bond motifs is 3. The van der Waals surface area contributed by atoms with Gasteiger partial charge in [-0.15, -0.1) is 5.92 Å². The molecule has 13 heteroatoms. The van der Waals surface area contributed by atoms with Crippen molar-refractivity contribution >= 4 is 21.6 Å². The smallest absolute Gasteiger partial charge is 0.200 e. The van der Waals surface area contributed by atoms with Crippen molar-refractivity contribution in [1.29, 1.82) is 0 Å². The molecule has 0 radical (unpaired) electrons. The van der Waals surface area contributed by atoms with E-state index in [0.717, 1.165) is 56.2 Å². The molecule has 3 aliphatic carbocycles. The van der Waals surface area contributed by atoms with Crippen LogP contribution in [0.15, 0.2) is 24.3 Å². The molecule has 11 nitrogen and oxygen atoms in total. The number of phenols is 2. The first-order valence-corrected chi connectivity index (χ1v) is 26.1. The molecule has 0 aromatic heterocycles. The maximum absolute atomic E-state index is 11.8. The number of hydrogen-bond acceptors (Lipinski definition) is 13. The summed E-state index contributed by atoms with van der Waals surface area (Å²) < 4.78 is 23.5. The highest BCUT2D eigenvalue weighted by Gasteiger charge is 2.48. The highest BCUT2D eigenvalue weighted by Crippen LogP contribution is 2.53. The lowest BCUT2D eigenvalue weighted by molar-refractivity contribution is -0.0808. The molecule has 5 aliphatic rings. The van der Waals surface area contributed by atoms with Crippen LogP contribution in [-0.4, -0.2) is 101 Å². The molecule has 0 unspecified atom stereocenters. The minimum Gasteiger partial charge on any atom is -0.504 e. The van der Waals surface area contributed by atoms with E-state index in [9.17, 15) is 30.6 Å². The van der Waals surface area contributed by atoms with Crippen molar-refractivity contribution in [3.63, 3.8) is 0 Å². The van der Waals surface area contributed by atoms with E-state index in [2.05, 4.69) is 24.1 Å². The number of aromatic hydroxyl groups is 2. The zero-order valence-corrected chi connectivity index (χ0v) is 39.3.